The third-order valence-corrected chi connectivity index (χ3v) is 18.3. The molecule has 2 aliphatic heterocycles. The standard InChI is InChI=1S/C38H44P2/c1-2-3-8-27-36(39-30-17-28-37(39,32-19-9-4-10-20-32)33-21-11-5-12-22-33)40-31-18-29-38(40,34-23-13-6-14-24-34)35-25-15-7-16-26-35/h4-7,9-16,19-26,36H,2-3,8,17-18,27-31H2,1H3. The third kappa shape index (κ3) is 5.02. The van der Waals surface area contributed by atoms with Crippen LogP contribution >= 0.6 is 15.8 Å². The van der Waals surface area contributed by atoms with E-state index in [1.165, 1.54) is 63.7 Å². The summed E-state index contributed by atoms with van der Waals surface area (Å²) in [5.41, 5.74) is 6.29. The second-order valence-corrected chi connectivity index (χ2v) is 17.7. The maximum atomic E-state index is 2.46. The van der Waals surface area contributed by atoms with Gasteiger partial charge in [0, 0.05) is 15.7 Å². The lowest BCUT2D eigenvalue weighted by atomic mass is 9.87. The van der Waals surface area contributed by atoms with Gasteiger partial charge in [-0.25, -0.2) is 0 Å². The minimum atomic E-state index is -0.247. The Morgan fingerprint density at radius 3 is 1.20 bits per heavy atom. The maximum Gasteiger partial charge on any atom is 0.0407 e. The molecule has 4 aromatic carbocycles. The van der Waals surface area contributed by atoms with Crippen molar-refractivity contribution in [1.82, 2.24) is 0 Å². The average Bonchev–Trinajstić information content (AvgIpc) is 3.68. The molecule has 2 heteroatoms. The number of hydrogen-bond donors (Lipinski definition) is 0. The zero-order valence-corrected chi connectivity index (χ0v) is 25.9. The summed E-state index contributed by atoms with van der Waals surface area (Å²) < 4.78 is 0. The predicted molar refractivity (Wildman–Crippen MR) is 177 cm³/mol. The molecule has 2 heterocycles. The van der Waals surface area contributed by atoms with Gasteiger partial charge in [-0.2, -0.15) is 0 Å². The second-order valence-electron chi connectivity index (χ2n) is 11.8. The third-order valence-electron chi connectivity index (χ3n) is 9.65. The smallest absolute Gasteiger partial charge is 0.0407 e. The van der Waals surface area contributed by atoms with Crippen LogP contribution in [0.1, 0.15) is 80.5 Å². The van der Waals surface area contributed by atoms with E-state index in [9.17, 15) is 0 Å². The highest BCUT2D eigenvalue weighted by atomic mass is 31.2. The molecular formula is C38H44P2. The highest BCUT2D eigenvalue weighted by Crippen LogP contribution is 2.81. The number of hydrogen-bond acceptors (Lipinski definition) is 0. The van der Waals surface area contributed by atoms with Crippen LogP contribution in [-0.2, 0) is 10.3 Å². The Bertz CT molecular complexity index is 1140. The van der Waals surface area contributed by atoms with Crippen LogP contribution in [0, 0.1) is 0 Å². The Balaban J connectivity index is 1.53. The number of rotatable bonds is 10. The van der Waals surface area contributed by atoms with Crippen molar-refractivity contribution in [2.45, 2.75) is 74.0 Å². The summed E-state index contributed by atoms with van der Waals surface area (Å²) in [7, 11) is -0.494. The SMILES string of the molecule is CCCCCC(P1CCCC1(c1ccccc1)c1ccccc1)P1CCCC1(c1ccccc1)c1ccccc1. The molecule has 0 amide bonds. The quantitative estimate of drug-likeness (QED) is 0.133. The molecule has 2 unspecified atom stereocenters. The normalized spacial score (nSPS) is 22.2. The van der Waals surface area contributed by atoms with Gasteiger partial charge in [0.15, 0.2) is 0 Å². The Hall–Kier alpha value is -2.26. The summed E-state index contributed by atoms with van der Waals surface area (Å²) in [4.78, 5) is 0. The molecule has 2 aliphatic rings. The molecular weight excluding hydrogens is 518 g/mol. The lowest BCUT2D eigenvalue weighted by Gasteiger charge is -2.49. The lowest BCUT2D eigenvalue weighted by Crippen LogP contribution is -2.31. The van der Waals surface area contributed by atoms with Crippen LogP contribution in [0.25, 0.3) is 0 Å². The van der Waals surface area contributed by atoms with E-state index >= 15 is 0 Å². The van der Waals surface area contributed by atoms with Crippen LogP contribution in [0.2, 0.25) is 0 Å². The van der Waals surface area contributed by atoms with Crippen LogP contribution in [0.3, 0.4) is 0 Å². The van der Waals surface area contributed by atoms with E-state index in [0.717, 1.165) is 5.40 Å². The van der Waals surface area contributed by atoms with E-state index in [0.29, 0.717) is 0 Å². The van der Waals surface area contributed by atoms with Gasteiger partial charge in [0.2, 0.25) is 0 Å². The fourth-order valence-electron chi connectivity index (χ4n) is 7.97. The fraction of sp³-hybridized carbons (Fsp3) is 0.368. The highest BCUT2D eigenvalue weighted by Gasteiger charge is 2.55. The van der Waals surface area contributed by atoms with E-state index in [4.69, 9.17) is 0 Å². The molecule has 0 radical (unpaired) electrons. The van der Waals surface area contributed by atoms with Gasteiger partial charge in [-0.15, -0.1) is 0 Å². The van der Waals surface area contributed by atoms with Crippen molar-refractivity contribution < 1.29 is 0 Å². The first-order chi connectivity index (χ1) is 19.8. The van der Waals surface area contributed by atoms with Crippen LogP contribution in [0.4, 0.5) is 0 Å². The molecule has 6 rings (SSSR count). The first-order valence-corrected chi connectivity index (χ1v) is 18.8. The molecule has 0 N–H and O–H groups in total. The zero-order chi connectivity index (χ0) is 27.3. The summed E-state index contributed by atoms with van der Waals surface area (Å²) in [6, 6.07) is 46.8. The minimum Gasteiger partial charge on any atom is -0.0834 e. The van der Waals surface area contributed by atoms with Gasteiger partial charge >= 0.3 is 0 Å². The predicted octanol–water partition coefficient (Wildman–Crippen LogP) is 11.3. The van der Waals surface area contributed by atoms with E-state index in [1.807, 2.05) is 0 Å². The van der Waals surface area contributed by atoms with Gasteiger partial charge in [0.05, 0.1) is 0 Å². The van der Waals surface area contributed by atoms with Gasteiger partial charge in [-0.3, -0.25) is 0 Å². The summed E-state index contributed by atoms with van der Waals surface area (Å²) in [6.45, 7) is 2.37. The molecule has 0 aliphatic carbocycles. The molecule has 0 nitrogen and oxygen atoms in total. The van der Waals surface area contributed by atoms with Crippen LogP contribution in [0.15, 0.2) is 121 Å². The van der Waals surface area contributed by atoms with E-state index in [2.05, 4.69) is 128 Å². The van der Waals surface area contributed by atoms with Gasteiger partial charge in [0.1, 0.15) is 0 Å². The zero-order valence-electron chi connectivity index (χ0n) is 24.1. The van der Waals surface area contributed by atoms with Crippen molar-refractivity contribution in [3.05, 3.63) is 144 Å². The monoisotopic (exact) mass is 562 g/mol. The molecule has 206 valence electrons. The van der Waals surface area contributed by atoms with Gasteiger partial charge in [-0.05, 0) is 66.7 Å². The molecule has 4 aromatic rings. The molecule has 0 spiro atoms. The number of unbranched alkanes of at least 4 members (excludes halogenated alkanes) is 2. The molecule has 40 heavy (non-hydrogen) atoms. The van der Waals surface area contributed by atoms with Crippen molar-refractivity contribution in [3.63, 3.8) is 0 Å². The van der Waals surface area contributed by atoms with E-state index in [1.54, 1.807) is 22.3 Å². The molecule has 2 atom stereocenters. The summed E-state index contributed by atoms with van der Waals surface area (Å²) in [5.74, 6) is 0. The molecule has 2 fully saturated rings. The van der Waals surface area contributed by atoms with Crippen LogP contribution in [-0.4, -0.2) is 17.7 Å². The molecule has 0 saturated carbocycles. The fourth-order valence-corrected chi connectivity index (χ4v) is 18.4. The average molecular weight is 563 g/mol. The van der Waals surface area contributed by atoms with E-state index < -0.39 is 0 Å². The Morgan fingerprint density at radius 2 is 0.875 bits per heavy atom. The minimum absolute atomic E-state index is 0.165. The molecule has 0 aromatic heterocycles. The van der Waals surface area contributed by atoms with E-state index in [-0.39, 0.29) is 26.2 Å². The molecule has 2 saturated heterocycles. The second kappa shape index (κ2) is 12.7. The van der Waals surface area contributed by atoms with Gasteiger partial charge in [0.25, 0.3) is 0 Å². The van der Waals surface area contributed by atoms with Gasteiger partial charge < -0.3 is 0 Å². The highest BCUT2D eigenvalue weighted by molar-refractivity contribution is 7.77. The summed E-state index contributed by atoms with van der Waals surface area (Å²) >= 11 is 0. The largest absolute Gasteiger partial charge is 0.0834 e. The Kier molecular flexibility index (Phi) is 8.87. The Morgan fingerprint density at radius 1 is 0.525 bits per heavy atom. The lowest BCUT2D eigenvalue weighted by molar-refractivity contribution is 0.654. The van der Waals surface area contributed by atoms with Crippen molar-refractivity contribution in [3.8, 4) is 0 Å². The van der Waals surface area contributed by atoms with Crippen molar-refractivity contribution in [1.29, 1.82) is 0 Å². The number of benzene rings is 4. The first-order valence-electron chi connectivity index (χ1n) is 15.6. The summed E-state index contributed by atoms with van der Waals surface area (Å²) in [5, 5.41) is 1.14. The maximum absolute atomic E-state index is 2.46. The summed E-state index contributed by atoms with van der Waals surface area (Å²) in [6.07, 6.45) is 13.5. The van der Waals surface area contributed by atoms with Crippen molar-refractivity contribution in [2.24, 2.45) is 0 Å². The van der Waals surface area contributed by atoms with Crippen molar-refractivity contribution in [2.75, 3.05) is 12.3 Å². The topological polar surface area (TPSA) is 0 Å². The van der Waals surface area contributed by atoms with Crippen molar-refractivity contribution >= 4 is 15.8 Å². The van der Waals surface area contributed by atoms with Crippen LogP contribution in [0.5, 0.6) is 0 Å². The first kappa shape index (κ1) is 27.9. The van der Waals surface area contributed by atoms with Gasteiger partial charge in [-0.1, -0.05) is 163 Å². The van der Waals surface area contributed by atoms with Crippen LogP contribution < -0.4 is 0 Å². The molecule has 0 bridgehead atoms. The Labute approximate surface area is 245 Å².